The first-order valence-electron chi connectivity index (χ1n) is 10.00. The number of carbonyl (C=O) groups excluding carboxylic acids is 1. The number of aromatic hydroxyl groups is 1. The Labute approximate surface area is 186 Å². The van der Waals surface area contributed by atoms with Crippen molar-refractivity contribution in [1.29, 1.82) is 0 Å². The van der Waals surface area contributed by atoms with Gasteiger partial charge in [-0.2, -0.15) is 9.61 Å². The van der Waals surface area contributed by atoms with Crippen LogP contribution in [0.5, 0.6) is 5.75 Å². The summed E-state index contributed by atoms with van der Waals surface area (Å²) in [5, 5.41) is 20.5. The number of amides is 1. The molecule has 4 aromatic rings. The van der Waals surface area contributed by atoms with Crippen LogP contribution in [0.25, 0.3) is 23.0 Å². The van der Waals surface area contributed by atoms with Gasteiger partial charge in [0.15, 0.2) is 5.65 Å². The van der Waals surface area contributed by atoms with Gasteiger partial charge in [0.1, 0.15) is 19.4 Å². The molecule has 2 aromatic carbocycles. The van der Waals surface area contributed by atoms with Crippen LogP contribution >= 0.6 is 0 Å². The molecular formula is C23H21BN6O2. The zero-order valence-electron chi connectivity index (χ0n) is 17.2. The molecule has 0 bridgehead atoms. The maximum absolute atomic E-state index is 12.2. The SMILES string of the molecule is [B]c1cnn2c(NCCNC(=O)/C(N)=C/c3ccccc3)cc(-c3ccccc3O)nc12. The van der Waals surface area contributed by atoms with Crippen molar-refractivity contribution in [1.82, 2.24) is 19.9 Å². The third-order valence-electron chi connectivity index (χ3n) is 4.78. The number of para-hydroxylation sites is 1. The van der Waals surface area contributed by atoms with Gasteiger partial charge in [-0.15, -0.1) is 0 Å². The summed E-state index contributed by atoms with van der Waals surface area (Å²) in [5.74, 6) is 0.377. The Balaban J connectivity index is 1.46. The molecule has 0 aliphatic rings. The molecule has 0 spiro atoms. The van der Waals surface area contributed by atoms with E-state index in [4.69, 9.17) is 13.6 Å². The monoisotopic (exact) mass is 424 g/mol. The van der Waals surface area contributed by atoms with Crippen molar-refractivity contribution in [2.75, 3.05) is 18.4 Å². The van der Waals surface area contributed by atoms with Gasteiger partial charge in [0.25, 0.3) is 5.91 Å². The molecule has 0 aliphatic carbocycles. The van der Waals surface area contributed by atoms with Crippen LogP contribution < -0.4 is 21.8 Å². The Morgan fingerprint density at radius 3 is 2.66 bits per heavy atom. The number of aromatic nitrogens is 3. The molecule has 0 saturated heterocycles. The lowest BCUT2D eigenvalue weighted by Crippen LogP contribution is -2.32. The predicted octanol–water partition coefficient (Wildman–Crippen LogP) is 1.42. The van der Waals surface area contributed by atoms with Gasteiger partial charge in [-0.05, 0) is 29.2 Å². The lowest BCUT2D eigenvalue weighted by molar-refractivity contribution is -0.117. The number of nitrogens with one attached hydrogen (secondary N) is 2. The van der Waals surface area contributed by atoms with Crippen molar-refractivity contribution in [2.45, 2.75) is 0 Å². The van der Waals surface area contributed by atoms with Crippen LogP contribution in [-0.2, 0) is 4.79 Å². The third-order valence-corrected chi connectivity index (χ3v) is 4.78. The number of hydrogen-bond acceptors (Lipinski definition) is 6. The van der Waals surface area contributed by atoms with E-state index < -0.39 is 0 Å². The van der Waals surface area contributed by atoms with Crippen LogP contribution in [0, 0.1) is 0 Å². The average Bonchev–Trinajstić information content (AvgIpc) is 3.18. The van der Waals surface area contributed by atoms with Gasteiger partial charge in [0.2, 0.25) is 0 Å². The molecule has 32 heavy (non-hydrogen) atoms. The minimum absolute atomic E-state index is 0.112. The number of nitrogens with two attached hydrogens (primary N) is 1. The van der Waals surface area contributed by atoms with Crippen LogP contribution in [0.2, 0.25) is 0 Å². The second kappa shape index (κ2) is 9.26. The Morgan fingerprint density at radius 1 is 1.12 bits per heavy atom. The fourth-order valence-corrected chi connectivity index (χ4v) is 3.20. The van der Waals surface area contributed by atoms with Crippen LogP contribution in [-0.4, -0.2) is 46.5 Å². The summed E-state index contributed by atoms with van der Waals surface area (Å²) in [6, 6.07) is 18.1. The van der Waals surface area contributed by atoms with Gasteiger partial charge >= 0.3 is 0 Å². The van der Waals surface area contributed by atoms with Gasteiger partial charge in [-0.3, -0.25) is 4.79 Å². The summed E-state index contributed by atoms with van der Waals surface area (Å²) in [7, 11) is 6.01. The summed E-state index contributed by atoms with van der Waals surface area (Å²) >= 11 is 0. The molecule has 1 amide bonds. The molecule has 5 N–H and O–H groups in total. The van der Waals surface area contributed by atoms with Crippen molar-refractivity contribution >= 4 is 36.8 Å². The molecule has 158 valence electrons. The predicted molar refractivity (Wildman–Crippen MR) is 126 cm³/mol. The second-order valence-electron chi connectivity index (χ2n) is 7.07. The first-order valence-corrected chi connectivity index (χ1v) is 10.00. The van der Waals surface area contributed by atoms with Crippen molar-refractivity contribution in [3.8, 4) is 17.0 Å². The highest BCUT2D eigenvalue weighted by molar-refractivity contribution is 6.36. The molecule has 2 radical (unpaired) electrons. The minimum atomic E-state index is -0.353. The Kier molecular flexibility index (Phi) is 6.07. The topological polar surface area (TPSA) is 118 Å². The molecule has 0 fully saturated rings. The number of hydrogen-bond donors (Lipinski definition) is 4. The zero-order valence-corrected chi connectivity index (χ0v) is 17.2. The van der Waals surface area contributed by atoms with E-state index in [1.54, 1.807) is 34.9 Å². The number of carbonyl (C=O) groups is 1. The van der Waals surface area contributed by atoms with Crippen LogP contribution in [0.3, 0.4) is 0 Å². The van der Waals surface area contributed by atoms with E-state index in [0.717, 1.165) is 5.56 Å². The lowest BCUT2D eigenvalue weighted by atomic mass is 10.0. The van der Waals surface area contributed by atoms with E-state index in [1.165, 1.54) is 6.20 Å². The molecule has 0 aliphatic heterocycles. The smallest absolute Gasteiger partial charge is 0.267 e. The highest BCUT2D eigenvalue weighted by Crippen LogP contribution is 2.29. The normalized spacial score (nSPS) is 11.4. The molecular weight excluding hydrogens is 403 g/mol. The molecule has 0 atom stereocenters. The van der Waals surface area contributed by atoms with Gasteiger partial charge in [0.05, 0.1) is 11.4 Å². The molecule has 9 heteroatoms. The summed E-state index contributed by atoms with van der Waals surface area (Å²) in [5.41, 5.74) is 8.87. The first-order chi connectivity index (χ1) is 15.5. The largest absolute Gasteiger partial charge is 0.507 e. The molecule has 2 aromatic heterocycles. The fourth-order valence-electron chi connectivity index (χ4n) is 3.20. The highest BCUT2D eigenvalue weighted by atomic mass is 16.3. The second-order valence-corrected chi connectivity index (χ2v) is 7.07. The number of nitrogens with zero attached hydrogens (tertiary/aromatic N) is 3. The zero-order chi connectivity index (χ0) is 22.5. The Morgan fingerprint density at radius 2 is 1.88 bits per heavy atom. The Bertz CT molecular complexity index is 1290. The first kappa shape index (κ1) is 21.0. The molecule has 0 unspecified atom stereocenters. The molecule has 8 nitrogen and oxygen atoms in total. The summed E-state index contributed by atoms with van der Waals surface area (Å²) in [6.07, 6.45) is 3.14. The maximum Gasteiger partial charge on any atom is 0.267 e. The maximum atomic E-state index is 12.2. The summed E-state index contributed by atoms with van der Waals surface area (Å²) in [6.45, 7) is 0.734. The number of rotatable bonds is 7. The van der Waals surface area contributed by atoms with Crippen molar-refractivity contribution in [3.05, 3.63) is 78.1 Å². The van der Waals surface area contributed by atoms with Crippen LogP contribution in [0.4, 0.5) is 5.82 Å². The van der Waals surface area contributed by atoms with E-state index in [2.05, 4.69) is 20.7 Å². The Hall–Kier alpha value is -4.27. The molecule has 0 saturated carbocycles. The van der Waals surface area contributed by atoms with E-state index in [1.807, 2.05) is 36.4 Å². The quantitative estimate of drug-likeness (QED) is 0.203. The third kappa shape index (κ3) is 4.56. The number of anilines is 1. The number of phenols is 1. The lowest BCUT2D eigenvalue weighted by Gasteiger charge is -2.12. The van der Waals surface area contributed by atoms with E-state index in [-0.39, 0.29) is 17.4 Å². The van der Waals surface area contributed by atoms with E-state index in [9.17, 15) is 9.90 Å². The molecule has 2 heterocycles. The van der Waals surface area contributed by atoms with Crippen molar-refractivity contribution in [2.24, 2.45) is 5.73 Å². The van der Waals surface area contributed by atoms with Gasteiger partial charge in [0, 0.05) is 30.9 Å². The number of benzene rings is 2. The standard InChI is InChI=1S/C23H21BN6O2/c24-17-14-28-30-21(13-19(29-22(17)30)16-8-4-5-9-20(16)31)26-10-11-27-23(32)18(25)12-15-6-2-1-3-7-15/h1-9,12-14,26,31H,10-11,25H2,(H,27,32)/b18-12-. The van der Waals surface area contributed by atoms with Crippen LogP contribution in [0.15, 0.2) is 72.6 Å². The van der Waals surface area contributed by atoms with Gasteiger partial charge in [-0.1, -0.05) is 42.5 Å². The molecule has 4 rings (SSSR count). The van der Waals surface area contributed by atoms with E-state index >= 15 is 0 Å². The van der Waals surface area contributed by atoms with E-state index in [0.29, 0.717) is 41.3 Å². The fraction of sp³-hybridized carbons (Fsp3) is 0.0870. The van der Waals surface area contributed by atoms with Gasteiger partial charge < -0.3 is 21.5 Å². The van der Waals surface area contributed by atoms with Crippen molar-refractivity contribution < 1.29 is 9.90 Å². The number of fused-ring (bicyclic) bond motifs is 1. The summed E-state index contributed by atoms with van der Waals surface area (Å²) < 4.78 is 1.57. The number of phenolic OH excluding ortho intramolecular Hbond substituents is 1. The highest BCUT2D eigenvalue weighted by Gasteiger charge is 2.13. The van der Waals surface area contributed by atoms with Gasteiger partial charge in [-0.25, -0.2) is 4.98 Å². The van der Waals surface area contributed by atoms with Crippen LogP contribution in [0.1, 0.15) is 5.56 Å². The van der Waals surface area contributed by atoms with Crippen molar-refractivity contribution in [3.63, 3.8) is 0 Å². The minimum Gasteiger partial charge on any atom is -0.507 e. The average molecular weight is 424 g/mol. The summed E-state index contributed by atoms with van der Waals surface area (Å²) in [4.78, 5) is 16.8.